The predicted molar refractivity (Wildman–Crippen MR) is 181 cm³/mol. The first-order chi connectivity index (χ1) is 21.8. The fourth-order valence-corrected chi connectivity index (χ4v) is 4.59. The quantitative estimate of drug-likeness (QED) is 0.197. The molecule has 0 unspecified atom stereocenters. The van der Waals surface area contributed by atoms with Gasteiger partial charge in [-0.05, 0) is 92.0 Å². The summed E-state index contributed by atoms with van der Waals surface area (Å²) in [7, 11) is 5.56. The molecule has 3 aromatic carbocycles. The molecule has 0 radical (unpaired) electrons. The number of nitrogens with zero attached hydrogens (tertiary/aromatic N) is 1. The Balaban J connectivity index is 1.59. The lowest BCUT2D eigenvalue weighted by Crippen LogP contribution is -2.45. The molecule has 0 fully saturated rings. The second kappa shape index (κ2) is 17.1. The number of hydrogen-bond donors (Lipinski definition) is 4. The Morgan fingerprint density at radius 3 is 2.17 bits per heavy atom. The van der Waals surface area contributed by atoms with E-state index in [1.54, 1.807) is 61.6 Å². The van der Waals surface area contributed by atoms with Crippen molar-refractivity contribution < 1.29 is 23.9 Å². The standard InChI is InChI=1S/C36H47N5O5/c1-36(2,3)23-31(35(45)39-29-15-10-25(11-16-29)12-19-32(42)37-4)40-34(44)28-9-7-8-26(22-28)24-38-33(43)27-13-17-30(18-14-27)46-21-20-41(5)6/h7-11,13-18,22,31H,12,19-21,23-24H2,1-6H3,(H,37,42)(H,38,43)(H,39,45)(H,40,44)/t31-/m0/s1. The van der Waals surface area contributed by atoms with Crippen molar-refractivity contribution in [1.82, 2.24) is 20.9 Å². The van der Waals surface area contributed by atoms with E-state index in [1.165, 1.54) is 0 Å². The van der Waals surface area contributed by atoms with Crippen LogP contribution in [0.3, 0.4) is 0 Å². The molecule has 4 amide bonds. The maximum Gasteiger partial charge on any atom is 0.251 e. The molecule has 3 aromatic rings. The van der Waals surface area contributed by atoms with E-state index in [0.717, 1.165) is 17.7 Å². The zero-order chi connectivity index (χ0) is 33.7. The number of aryl methyl sites for hydroxylation is 1. The van der Waals surface area contributed by atoms with E-state index in [2.05, 4.69) is 21.3 Å². The number of nitrogens with one attached hydrogen (secondary N) is 4. The van der Waals surface area contributed by atoms with Crippen molar-refractivity contribution in [1.29, 1.82) is 0 Å². The summed E-state index contributed by atoms with van der Waals surface area (Å²) in [4.78, 5) is 53.0. The highest BCUT2D eigenvalue weighted by Crippen LogP contribution is 2.22. The first-order valence-electron chi connectivity index (χ1n) is 15.5. The smallest absolute Gasteiger partial charge is 0.251 e. The molecule has 0 aliphatic rings. The molecule has 4 N–H and O–H groups in total. The van der Waals surface area contributed by atoms with Crippen LogP contribution in [0.1, 0.15) is 65.5 Å². The highest BCUT2D eigenvalue weighted by atomic mass is 16.5. The van der Waals surface area contributed by atoms with Crippen molar-refractivity contribution in [2.45, 2.75) is 52.6 Å². The van der Waals surface area contributed by atoms with Gasteiger partial charge in [0, 0.05) is 43.4 Å². The Hall–Kier alpha value is -4.70. The van der Waals surface area contributed by atoms with Crippen LogP contribution in [0.2, 0.25) is 0 Å². The van der Waals surface area contributed by atoms with Crippen molar-refractivity contribution in [2.24, 2.45) is 5.41 Å². The average Bonchev–Trinajstić information content (AvgIpc) is 3.02. The number of benzene rings is 3. The lowest BCUT2D eigenvalue weighted by molar-refractivity contribution is -0.120. The van der Waals surface area contributed by atoms with Crippen LogP contribution in [0, 0.1) is 5.41 Å². The molecule has 0 bridgehead atoms. The third-order valence-corrected chi connectivity index (χ3v) is 7.15. The Morgan fingerprint density at radius 2 is 1.54 bits per heavy atom. The van der Waals surface area contributed by atoms with Gasteiger partial charge >= 0.3 is 0 Å². The summed E-state index contributed by atoms with van der Waals surface area (Å²) in [6.07, 6.45) is 1.40. The molecule has 10 heteroatoms. The van der Waals surface area contributed by atoms with Crippen molar-refractivity contribution in [3.05, 3.63) is 95.1 Å². The van der Waals surface area contributed by atoms with Gasteiger partial charge in [0.1, 0.15) is 18.4 Å². The number of anilines is 1. The topological polar surface area (TPSA) is 129 Å². The molecule has 0 aliphatic carbocycles. The molecule has 0 aliphatic heterocycles. The van der Waals surface area contributed by atoms with Crippen molar-refractivity contribution in [2.75, 3.05) is 39.6 Å². The van der Waals surface area contributed by atoms with Gasteiger partial charge in [0.2, 0.25) is 11.8 Å². The second-order valence-corrected chi connectivity index (χ2v) is 12.7. The molecule has 3 rings (SSSR count). The van der Waals surface area contributed by atoms with Gasteiger partial charge in [0.25, 0.3) is 11.8 Å². The molecule has 0 saturated carbocycles. The van der Waals surface area contributed by atoms with Crippen molar-refractivity contribution >= 4 is 29.3 Å². The van der Waals surface area contributed by atoms with Gasteiger partial charge in [0.05, 0.1) is 0 Å². The number of amides is 4. The first-order valence-corrected chi connectivity index (χ1v) is 15.5. The number of carbonyl (C=O) groups is 4. The maximum absolute atomic E-state index is 13.3. The number of hydrogen-bond acceptors (Lipinski definition) is 6. The molecule has 1 atom stereocenters. The Labute approximate surface area is 272 Å². The van der Waals surface area contributed by atoms with Gasteiger partial charge in [-0.2, -0.15) is 0 Å². The Bertz CT molecular complexity index is 1460. The fourth-order valence-electron chi connectivity index (χ4n) is 4.59. The largest absolute Gasteiger partial charge is 0.492 e. The van der Waals surface area contributed by atoms with Gasteiger partial charge in [-0.15, -0.1) is 0 Å². The minimum atomic E-state index is -0.779. The molecule has 0 aromatic heterocycles. The van der Waals surface area contributed by atoms with Crippen LogP contribution in [0.25, 0.3) is 0 Å². The van der Waals surface area contributed by atoms with Crippen LogP contribution in [0.4, 0.5) is 5.69 Å². The zero-order valence-electron chi connectivity index (χ0n) is 27.7. The number of carbonyl (C=O) groups excluding carboxylic acids is 4. The van der Waals surface area contributed by atoms with E-state index in [0.29, 0.717) is 48.4 Å². The molecular weight excluding hydrogens is 582 g/mol. The molecule has 0 heterocycles. The summed E-state index contributed by atoms with van der Waals surface area (Å²) < 4.78 is 5.69. The number of rotatable bonds is 15. The van der Waals surface area contributed by atoms with Crippen LogP contribution in [0.5, 0.6) is 5.75 Å². The summed E-state index contributed by atoms with van der Waals surface area (Å²) >= 11 is 0. The van der Waals surface area contributed by atoms with Crippen LogP contribution in [-0.2, 0) is 22.6 Å². The van der Waals surface area contributed by atoms with Crippen LogP contribution >= 0.6 is 0 Å². The molecular formula is C36H47N5O5. The van der Waals surface area contributed by atoms with Crippen molar-refractivity contribution in [3.63, 3.8) is 0 Å². The zero-order valence-corrected chi connectivity index (χ0v) is 27.7. The average molecular weight is 630 g/mol. The van der Waals surface area contributed by atoms with Gasteiger partial charge in [-0.1, -0.05) is 45.0 Å². The van der Waals surface area contributed by atoms with Gasteiger partial charge in [-0.25, -0.2) is 0 Å². The van der Waals surface area contributed by atoms with E-state index in [9.17, 15) is 19.2 Å². The summed E-state index contributed by atoms with van der Waals surface area (Å²) in [5.41, 5.74) is 2.99. The normalized spacial score (nSPS) is 11.8. The second-order valence-electron chi connectivity index (χ2n) is 12.7. The van der Waals surface area contributed by atoms with Crippen LogP contribution in [-0.4, -0.2) is 68.9 Å². The monoisotopic (exact) mass is 629 g/mol. The summed E-state index contributed by atoms with van der Waals surface area (Å²) in [6, 6.07) is 20.5. The SMILES string of the molecule is CNC(=O)CCc1ccc(NC(=O)[C@H](CC(C)(C)C)NC(=O)c2cccc(CNC(=O)c3ccc(OCCN(C)C)cc3)c2)cc1. The lowest BCUT2D eigenvalue weighted by atomic mass is 9.87. The molecule has 46 heavy (non-hydrogen) atoms. The minimum Gasteiger partial charge on any atom is -0.492 e. The third kappa shape index (κ3) is 12.4. The highest BCUT2D eigenvalue weighted by molar-refractivity contribution is 6.01. The molecule has 10 nitrogen and oxygen atoms in total. The summed E-state index contributed by atoms with van der Waals surface area (Å²) in [6.45, 7) is 7.61. The van der Waals surface area contributed by atoms with Crippen molar-refractivity contribution in [3.8, 4) is 5.75 Å². The Kier molecular flexibility index (Phi) is 13.3. The van der Waals surface area contributed by atoms with Gasteiger partial charge < -0.3 is 30.9 Å². The summed E-state index contributed by atoms with van der Waals surface area (Å²) in [5, 5.41) is 11.3. The van der Waals surface area contributed by atoms with Gasteiger partial charge in [0.15, 0.2) is 0 Å². The van der Waals surface area contributed by atoms with E-state index in [1.807, 2.05) is 58.0 Å². The van der Waals surface area contributed by atoms with Crippen LogP contribution in [0.15, 0.2) is 72.8 Å². The first kappa shape index (κ1) is 35.8. The van der Waals surface area contributed by atoms with E-state index < -0.39 is 6.04 Å². The number of ether oxygens (including phenoxy) is 1. The predicted octanol–water partition coefficient (Wildman–Crippen LogP) is 4.41. The minimum absolute atomic E-state index is 0.0308. The van der Waals surface area contributed by atoms with E-state index >= 15 is 0 Å². The van der Waals surface area contributed by atoms with Gasteiger partial charge in [-0.3, -0.25) is 19.2 Å². The summed E-state index contributed by atoms with van der Waals surface area (Å²) in [5.74, 6) is -0.276. The third-order valence-electron chi connectivity index (χ3n) is 7.15. The van der Waals surface area contributed by atoms with Crippen LogP contribution < -0.4 is 26.0 Å². The van der Waals surface area contributed by atoms with E-state index in [4.69, 9.17) is 4.74 Å². The molecule has 246 valence electrons. The molecule has 0 spiro atoms. The maximum atomic E-state index is 13.3. The lowest BCUT2D eigenvalue weighted by Gasteiger charge is -2.26. The fraction of sp³-hybridized carbons (Fsp3) is 0.389. The molecule has 0 saturated heterocycles. The number of likely N-dealkylation sites (N-methyl/N-ethyl adjacent to an activating group) is 1. The van der Waals surface area contributed by atoms with E-state index in [-0.39, 0.29) is 35.6 Å². The Morgan fingerprint density at radius 1 is 0.848 bits per heavy atom. The highest BCUT2D eigenvalue weighted by Gasteiger charge is 2.27.